The molecule has 0 aliphatic carbocycles. The van der Waals surface area contributed by atoms with E-state index in [1.807, 2.05) is 13.1 Å². The van der Waals surface area contributed by atoms with Crippen LogP contribution in [-0.2, 0) is 10.2 Å². The van der Waals surface area contributed by atoms with E-state index in [1.54, 1.807) is 0 Å². The Labute approximate surface area is 173 Å². The fraction of sp³-hybridized carbons (Fsp3) is 0.522. The molecule has 2 fully saturated rings. The Balaban J connectivity index is 1.48. The van der Waals surface area contributed by atoms with Crippen LogP contribution in [0.3, 0.4) is 0 Å². The van der Waals surface area contributed by atoms with E-state index in [2.05, 4.69) is 65.6 Å². The maximum Gasteiger partial charge on any atom is 0.229 e. The van der Waals surface area contributed by atoms with E-state index < -0.39 is 0 Å². The van der Waals surface area contributed by atoms with Crippen molar-refractivity contribution in [2.45, 2.75) is 52.4 Å². The first-order valence-corrected chi connectivity index (χ1v) is 10.5. The molecule has 0 bridgehead atoms. The van der Waals surface area contributed by atoms with E-state index in [4.69, 9.17) is 4.98 Å². The van der Waals surface area contributed by atoms with Gasteiger partial charge in [-0.1, -0.05) is 32.9 Å². The molecular weight excluding hydrogens is 362 g/mol. The minimum Gasteiger partial charge on any atom is -0.356 e. The Hall–Kier alpha value is -2.63. The van der Waals surface area contributed by atoms with Gasteiger partial charge in [0.15, 0.2) is 0 Å². The Bertz CT molecular complexity index is 892. The average molecular weight is 394 g/mol. The highest BCUT2D eigenvalue weighted by molar-refractivity contribution is 5.85. The summed E-state index contributed by atoms with van der Waals surface area (Å²) in [4.78, 5) is 23.8. The number of nitrogens with one attached hydrogen (secondary N) is 2. The highest BCUT2D eigenvalue weighted by atomic mass is 16.2. The van der Waals surface area contributed by atoms with Crippen molar-refractivity contribution in [3.63, 3.8) is 0 Å². The van der Waals surface area contributed by atoms with Crippen molar-refractivity contribution >= 4 is 23.4 Å². The van der Waals surface area contributed by atoms with Crippen molar-refractivity contribution < 1.29 is 4.79 Å². The van der Waals surface area contributed by atoms with Crippen LogP contribution in [-0.4, -0.2) is 35.5 Å². The van der Waals surface area contributed by atoms with Crippen molar-refractivity contribution in [3.8, 4) is 0 Å². The number of nitrogens with zero attached hydrogens (tertiary/aromatic N) is 3. The molecule has 1 spiro atoms. The molecule has 2 aliphatic heterocycles. The summed E-state index contributed by atoms with van der Waals surface area (Å²) in [6.07, 6.45) is 4.61. The Morgan fingerprint density at radius 1 is 1.10 bits per heavy atom. The SMILES string of the molecule is Cc1cnc(Nc2ccc(C(C)(C)C)cc2)nc1N1CCC2(CCNC2=O)CC1. The predicted octanol–water partition coefficient (Wildman–Crippen LogP) is 3.93. The van der Waals surface area contributed by atoms with Gasteiger partial charge in [-0.05, 0) is 49.3 Å². The van der Waals surface area contributed by atoms with Crippen LogP contribution in [0.15, 0.2) is 30.5 Å². The highest BCUT2D eigenvalue weighted by Crippen LogP contribution is 2.39. The first-order chi connectivity index (χ1) is 13.8. The topological polar surface area (TPSA) is 70.2 Å². The van der Waals surface area contributed by atoms with Crippen LogP contribution in [0.1, 0.15) is 51.2 Å². The number of hydrogen-bond donors (Lipinski definition) is 2. The molecule has 0 radical (unpaired) electrons. The largest absolute Gasteiger partial charge is 0.356 e. The van der Waals surface area contributed by atoms with Gasteiger partial charge < -0.3 is 15.5 Å². The van der Waals surface area contributed by atoms with E-state index in [0.717, 1.165) is 56.0 Å². The Morgan fingerprint density at radius 2 is 1.79 bits per heavy atom. The highest BCUT2D eigenvalue weighted by Gasteiger charge is 2.44. The molecule has 1 amide bonds. The van der Waals surface area contributed by atoms with Gasteiger partial charge >= 0.3 is 0 Å². The number of rotatable bonds is 3. The van der Waals surface area contributed by atoms with Gasteiger partial charge in [0, 0.05) is 37.1 Å². The lowest BCUT2D eigenvalue weighted by molar-refractivity contribution is -0.128. The van der Waals surface area contributed by atoms with Crippen LogP contribution in [0.25, 0.3) is 0 Å². The molecule has 2 aliphatic rings. The molecule has 6 nitrogen and oxygen atoms in total. The normalized spacial score (nSPS) is 18.8. The molecular formula is C23H31N5O. The number of aryl methyl sites for hydroxylation is 1. The van der Waals surface area contributed by atoms with Crippen molar-refractivity contribution in [2.75, 3.05) is 29.9 Å². The molecule has 6 heteroatoms. The third-order valence-corrected chi connectivity index (χ3v) is 6.34. The zero-order valence-corrected chi connectivity index (χ0v) is 17.9. The molecule has 0 unspecified atom stereocenters. The quantitative estimate of drug-likeness (QED) is 0.827. The first-order valence-electron chi connectivity index (χ1n) is 10.5. The maximum atomic E-state index is 12.2. The molecule has 0 atom stereocenters. The molecule has 4 rings (SSSR count). The van der Waals surface area contributed by atoms with Gasteiger partial charge in [0.25, 0.3) is 0 Å². The smallest absolute Gasteiger partial charge is 0.229 e. The number of aromatic nitrogens is 2. The van der Waals surface area contributed by atoms with E-state index in [9.17, 15) is 4.79 Å². The molecule has 0 saturated carbocycles. The second-order valence-electron chi connectivity index (χ2n) is 9.43. The first kappa shape index (κ1) is 19.7. The Morgan fingerprint density at radius 3 is 2.38 bits per heavy atom. The summed E-state index contributed by atoms with van der Waals surface area (Å²) < 4.78 is 0. The molecule has 1 aromatic heterocycles. The zero-order chi connectivity index (χ0) is 20.6. The van der Waals surface area contributed by atoms with Gasteiger partial charge in [-0.15, -0.1) is 0 Å². The number of anilines is 3. The van der Waals surface area contributed by atoms with Crippen molar-refractivity contribution in [1.29, 1.82) is 0 Å². The second-order valence-corrected chi connectivity index (χ2v) is 9.43. The number of amides is 1. The molecule has 29 heavy (non-hydrogen) atoms. The fourth-order valence-corrected chi connectivity index (χ4v) is 4.34. The van der Waals surface area contributed by atoms with E-state index in [-0.39, 0.29) is 16.7 Å². The number of carbonyl (C=O) groups excluding carboxylic acids is 1. The van der Waals surface area contributed by atoms with E-state index in [1.165, 1.54) is 5.56 Å². The third kappa shape index (κ3) is 3.93. The summed E-state index contributed by atoms with van der Waals surface area (Å²) >= 11 is 0. The van der Waals surface area contributed by atoms with E-state index >= 15 is 0 Å². The third-order valence-electron chi connectivity index (χ3n) is 6.34. The summed E-state index contributed by atoms with van der Waals surface area (Å²) in [6, 6.07) is 8.45. The summed E-state index contributed by atoms with van der Waals surface area (Å²) in [5.41, 5.74) is 3.31. The van der Waals surface area contributed by atoms with Crippen LogP contribution < -0.4 is 15.5 Å². The summed E-state index contributed by atoms with van der Waals surface area (Å²) in [7, 11) is 0. The van der Waals surface area contributed by atoms with Crippen molar-refractivity contribution in [3.05, 3.63) is 41.6 Å². The minimum atomic E-state index is -0.159. The fourth-order valence-electron chi connectivity index (χ4n) is 4.34. The van der Waals surface area contributed by atoms with Gasteiger partial charge in [-0.2, -0.15) is 4.98 Å². The lowest BCUT2D eigenvalue weighted by atomic mass is 9.77. The van der Waals surface area contributed by atoms with E-state index in [0.29, 0.717) is 5.95 Å². The molecule has 2 aromatic rings. The average Bonchev–Trinajstić information content (AvgIpc) is 3.04. The predicted molar refractivity (Wildman–Crippen MR) is 117 cm³/mol. The number of piperidine rings is 1. The van der Waals surface area contributed by atoms with Gasteiger partial charge in [0.2, 0.25) is 11.9 Å². The second kappa shape index (κ2) is 7.32. The number of carbonyl (C=O) groups is 1. The van der Waals surface area contributed by atoms with Crippen molar-refractivity contribution in [2.24, 2.45) is 5.41 Å². The lowest BCUT2D eigenvalue weighted by Gasteiger charge is -2.38. The molecule has 3 heterocycles. The summed E-state index contributed by atoms with van der Waals surface area (Å²) in [5, 5.41) is 6.33. The molecule has 1 aromatic carbocycles. The molecule has 2 N–H and O–H groups in total. The number of benzene rings is 1. The van der Waals surface area contributed by atoms with Crippen molar-refractivity contribution in [1.82, 2.24) is 15.3 Å². The molecule has 2 saturated heterocycles. The maximum absolute atomic E-state index is 12.2. The van der Waals surface area contributed by atoms with Crippen LogP contribution in [0.2, 0.25) is 0 Å². The summed E-state index contributed by atoms with van der Waals surface area (Å²) in [5.74, 6) is 1.80. The zero-order valence-electron chi connectivity index (χ0n) is 17.9. The van der Waals surface area contributed by atoms with Gasteiger partial charge in [0.05, 0.1) is 5.41 Å². The Kier molecular flexibility index (Phi) is 4.97. The van der Waals surface area contributed by atoms with Crippen LogP contribution >= 0.6 is 0 Å². The van der Waals surface area contributed by atoms with Crippen LogP contribution in [0, 0.1) is 12.3 Å². The monoisotopic (exact) mass is 393 g/mol. The van der Waals surface area contributed by atoms with Crippen LogP contribution in [0.5, 0.6) is 0 Å². The summed E-state index contributed by atoms with van der Waals surface area (Å²) in [6.45, 7) is 11.2. The van der Waals surface area contributed by atoms with Gasteiger partial charge in [-0.3, -0.25) is 4.79 Å². The minimum absolute atomic E-state index is 0.133. The standard InChI is InChI=1S/C23H31N5O/c1-16-15-25-21(26-18-7-5-17(6-8-18)22(2,3)4)27-19(16)28-13-10-23(11-14-28)9-12-24-20(23)29/h5-8,15H,9-14H2,1-4H3,(H,24,29)(H,25,26,27). The number of hydrogen-bond acceptors (Lipinski definition) is 5. The van der Waals surface area contributed by atoms with Crippen LogP contribution in [0.4, 0.5) is 17.5 Å². The lowest BCUT2D eigenvalue weighted by Crippen LogP contribution is -2.44. The molecule has 154 valence electrons. The van der Waals surface area contributed by atoms with Gasteiger partial charge in [-0.25, -0.2) is 4.98 Å². The van der Waals surface area contributed by atoms with Gasteiger partial charge in [0.1, 0.15) is 5.82 Å².